The summed E-state index contributed by atoms with van der Waals surface area (Å²) in [6, 6.07) is 8.05. The first-order valence-corrected chi connectivity index (χ1v) is 9.16. The van der Waals surface area contributed by atoms with E-state index in [-0.39, 0.29) is 6.79 Å². The van der Waals surface area contributed by atoms with E-state index in [2.05, 4.69) is 11.9 Å². The summed E-state index contributed by atoms with van der Waals surface area (Å²) in [4.78, 5) is 2.26. The predicted molar refractivity (Wildman–Crippen MR) is 98.8 cm³/mol. The maximum Gasteiger partial charge on any atom is 0.231 e. The van der Waals surface area contributed by atoms with Gasteiger partial charge in [-0.2, -0.15) is 0 Å². The Labute approximate surface area is 158 Å². The smallest absolute Gasteiger partial charge is 0.231 e. The number of aliphatic hydroxyl groups excluding tert-OH is 1. The quantitative estimate of drug-likeness (QED) is 0.877. The van der Waals surface area contributed by atoms with Gasteiger partial charge in [-0.25, -0.2) is 0 Å². The third-order valence-corrected chi connectivity index (χ3v) is 6.33. The van der Waals surface area contributed by atoms with Crippen LogP contribution in [0.25, 0.3) is 0 Å². The van der Waals surface area contributed by atoms with Gasteiger partial charge < -0.3 is 24.1 Å². The van der Waals surface area contributed by atoms with Gasteiger partial charge in [0.2, 0.25) is 6.79 Å². The van der Waals surface area contributed by atoms with Gasteiger partial charge in [-0.05, 0) is 54.8 Å². The van der Waals surface area contributed by atoms with Crippen LogP contribution in [0.5, 0.6) is 23.0 Å². The molecule has 6 nitrogen and oxygen atoms in total. The molecule has 27 heavy (non-hydrogen) atoms. The molecule has 2 heterocycles. The minimum Gasteiger partial charge on any atom is -0.493 e. The van der Waals surface area contributed by atoms with Gasteiger partial charge in [-0.3, -0.25) is 4.90 Å². The molecule has 2 atom stereocenters. The first-order chi connectivity index (χ1) is 13.1. The van der Waals surface area contributed by atoms with E-state index in [0.717, 1.165) is 35.4 Å². The highest BCUT2D eigenvalue weighted by Crippen LogP contribution is 2.57. The summed E-state index contributed by atoms with van der Waals surface area (Å²) in [7, 11) is 5.36. The van der Waals surface area contributed by atoms with Gasteiger partial charge in [0.05, 0.1) is 19.8 Å². The summed E-state index contributed by atoms with van der Waals surface area (Å²) >= 11 is 0. The number of ether oxygens (including phenoxy) is 4. The van der Waals surface area contributed by atoms with Crippen molar-refractivity contribution >= 4 is 0 Å². The summed E-state index contributed by atoms with van der Waals surface area (Å²) in [6.45, 7) is 1.05. The predicted octanol–water partition coefficient (Wildman–Crippen LogP) is 2.41. The molecule has 6 heteroatoms. The van der Waals surface area contributed by atoms with E-state index in [4.69, 9.17) is 18.9 Å². The van der Waals surface area contributed by atoms with Crippen molar-refractivity contribution in [3.8, 4) is 23.0 Å². The van der Waals surface area contributed by atoms with Crippen molar-refractivity contribution in [3.63, 3.8) is 0 Å². The van der Waals surface area contributed by atoms with Crippen LogP contribution in [0.4, 0.5) is 0 Å². The Bertz CT molecular complexity index is 927. The fraction of sp³-hybridized carbons (Fsp3) is 0.429. The topological polar surface area (TPSA) is 60.4 Å². The van der Waals surface area contributed by atoms with Crippen LogP contribution in [0.3, 0.4) is 0 Å². The molecule has 0 fully saturated rings. The second-order valence-corrected chi connectivity index (χ2v) is 7.41. The summed E-state index contributed by atoms with van der Waals surface area (Å²) in [6.07, 6.45) is 0.889. The van der Waals surface area contributed by atoms with E-state index < -0.39 is 11.6 Å². The average Bonchev–Trinajstić information content (AvgIpc) is 3.27. The van der Waals surface area contributed by atoms with E-state index in [1.54, 1.807) is 14.2 Å². The Morgan fingerprint density at radius 3 is 2.67 bits per heavy atom. The maximum atomic E-state index is 11.6. The number of nitrogens with zero attached hydrogens (tertiary/aromatic N) is 1. The average molecular weight is 369 g/mol. The number of benzene rings is 2. The molecule has 0 saturated carbocycles. The Morgan fingerprint density at radius 2 is 1.89 bits per heavy atom. The van der Waals surface area contributed by atoms with Crippen molar-refractivity contribution < 1.29 is 24.1 Å². The molecular weight excluding hydrogens is 346 g/mol. The number of fused-ring (bicyclic) bond motifs is 5. The van der Waals surface area contributed by atoms with Crippen LogP contribution in [0.2, 0.25) is 0 Å². The standard InChI is InChI=1S/C21H23NO5/c1-22-7-6-12-8-16(24-2)17(25-3)9-14(12)21(22)10-13-4-5-15-19(27-11-26-15)18(13)20(21)23/h4-5,8-9,20,23H,6-7,10-11H2,1-3H3/t20?,21-/m0/s1. The minimum atomic E-state index is -0.716. The SMILES string of the molecule is COc1cc2c(cc1OC)[C@]1(Cc3ccc4c(c3C1O)OCO4)N(C)CC2. The zero-order valence-corrected chi connectivity index (χ0v) is 15.7. The van der Waals surface area contributed by atoms with Crippen molar-refractivity contribution in [1.82, 2.24) is 4.90 Å². The van der Waals surface area contributed by atoms with Gasteiger partial charge in [0, 0.05) is 12.1 Å². The van der Waals surface area contributed by atoms with Crippen LogP contribution in [-0.4, -0.2) is 44.6 Å². The molecule has 142 valence electrons. The molecule has 0 bridgehead atoms. The molecule has 0 aromatic heterocycles. The van der Waals surface area contributed by atoms with Gasteiger partial charge in [0.15, 0.2) is 23.0 Å². The lowest BCUT2D eigenvalue weighted by molar-refractivity contribution is -0.0206. The molecule has 3 aliphatic rings. The van der Waals surface area contributed by atoms with Crippen LogP contribution < -0.4 is 18.9 Å². The third kappa shape index (κ3) is 2.08. The zero-order valence-electron chi connectivity index (χ0n) is 15.7. The van der Waals surface area contributed by atoms with Crippen LogP contribution in [-0.2, 0) is 18.4 Å². The van der Waals surface area contributed by atoms with Crippen molar-refractivity contribution in [2.45, 2.75) is 24.5 Å². The summed E-state index contributed by atoms with van der Waals surface area (Å²) in [5.74, 6) is 2.78. The van der Waals surface area contributed by atoms with E-state index >= 15 is 0 Å². The molecule has 1 aliphatic carbocycles. The number of methoxy groups -OCH3 is 2. The first kappa shape index (κ1) is 16.7. The van der Waals surface area contributed by atoms with E-state index in [9.17, 15) is 5.11 Å². The lowest BCUT2D eigenvalue weighted by Gasteiger charge is -2.46. The number of hydrogen-bond acceptors (Lipinski definition) is 6. The van der Waals surface area contributed by atoms with Gasteiger partial charge in [0.1, 0.15) is 6.10 Å². The van der Waals surface area contributed by atoms with Crippen LogP contribution in [0.1, 0.15) is 28.4 Å². The van der Waals surface area contributed by atoms with E-state index in [0.29, 0.717) is 23.7 Å². The van der Waals surface area contributed by atoms with E-state index in [1.165, 1.54) is 5.56 Å². The number of hydrogen-bond donors (Lipinski definition) is 1. The summed E-state index contributed by atoms with van der Waals surface area (Å²) in [5, 5.41) is 11.6. The lowest BCUT2D eigenvalue weighted by atomic mass is 9.77. The molecule has 1 N–H and O–H groups in total. The molecule has 1 spiro atoms. The second kappa shape index (κ2) is 5.78. The largest absolute Gasteiger partial charge is 0.493 e. The minimum absolute atomic E-state index is 0.197. The monoisotopic (exact) mass is 369 g/mol. The molecule has 1 unspecified atom stereocenters. The van der Waals surface area contributed by atoms with Gasteiger partial charge in [0.25, 0.3) is 0 Å². The molecule has 2 aromatic carbocycles. The molecule has 0 radical (unpaired) electrons. The van der Waals surface area contributed by atoms with Crippen molar-refractivity contribution in [1.29, 1.82) is 0 Å². The summed E-state index contributed by atoms with van der Waals surface area (Å²) < 4.78 is 22.3. The van der Waals surface area contributed by atoms with Gasteiger partial charge in [-0.15, -0.1) is 0 Å². The highest BCUT2D eigenvalue weighted by Gasteiger charge is 2.54. The van der Waals surface area contributed by atoms with Gasteiger partial charge >= 0.3 is 0 Å². The van der Waals surface area contributed by atoms with Gasteiger partial charge in [-0.1, -0.05) is 6.07 Å². The molecule has 2 aliphatic heterocycles. The molecule has 2 aromatic rings. The summed E-state index contributed by atoms with van der Waals surface area (Å²) in [5.41, 5.74) is 3.66. The molecule has 0 saturated heterocycles. The first-order valence-electron chi connectivity index (χ1n) is 9.16. The normalized spacial score (nSPS) is 25.4. The highest BCUT2D eigenvalue weighted by atomic mass is 16.7. The van der Waals surface area contributed by atoms with Crippen LogP contribution >= 0.6 is 0 Å². The highest BCUT2D eigenvalue weighted by molar-refractivity contribution is 5.60. The third-order valence-electron chi connectivity index (χ3n) is 6.33. The van der Waals surface area contributed by atoms with Crippen molar-refractivity contribution in [2.24, 2.45) is 0 Å². The Kier molecular flexibility index (Phi) is 3.58. The number of likely N-dealkylation sites (N-methyl/N-ethyl adjacent to an activating group) is 1. The van der Waals surface area contributed by atoms with Crippen LogP contribution in [0, 0.1) is 0 Å². The Balaban J connectivity index is 1.72. The van der Waals surface area contributed by atoms with Crippen LogP contribution in [0.15, 0.2) is 24.3 Å². The molecule has 0 amide bonds. The zero-order chi connectivity index (χ0) is 18.8. The number of rotatable bonds is 2. The number of aliphatic hydroxyl groups is 1. The fourth-order valence-electron chi connectivity index (χ4n) is 4.92. The van der Waals surface area contributed by atoms with Crippen molar-refractivity contribution in [3.05, 3.63) is 46.5 Å². The van der Waals surface area contributed by atoms with E-state index in [1.807, 2.05) is 24.3 Å². The fourth-order valence-corrected chi connectivity index (χ4v) is 4.92. The second-order valence-electron chi connectivity index (χ2n) is 7.41. The van der Waals surface area contributed by atoms with Crippen molar-refractivity contribution in [2.75, 3.05) is 34.6 Å². The maximum absolute atomic E-state index is 11.6. The molecular formula is C21H23NO5. The lowest BCUT2D eigenvalue weighted by Crippen LogP contribution is -2.51. The molecule has 5 rings (SSSR count). The Hall–Kier alpha value is -2.44. The Morgan fingerprint density at radius 1 is 1.11 bits per heavy atom.